The van der Waals surface area contributed by atoms with Crippen molar-refractivity contribution in [2.24, 2.45) is 0 Å². The molecule has 0 heterocycles. The zero-order valence-electron chi connectivity index (χ0n) is 6.18. The first-order valence-corrected chi connectivity index (χ1v) is 3.12. The number of ether oxygens (including phenoxy) is 1. The molecule has 0 spiro atoms. The summed E-state index contributed by atoms with van der Waals surface area (Å²) in [5, 5.41) is 8.35. The first-order chi connectivity index (χ1) is 4.24. The second-order valence-corrected chi connectivity index (χ2v) is 1.91. The largest absolute Gasteiger partial charge is 0.351 e. The Balaban J connectivity index is 3.82. The first-order valence-electron chi connectivity index (χ1n) is 3.12. The van der Waals surface area contributed by atoms with Crippen LogP contribution in [0.15, 0.2) is 0 Å². The van der Waals surface area contributed by atoms with E-state index < -0.39 is 5.79 Å². The third-order valence-corrected chi connectivity index (χ3v) is 1.62. The van der Waals surface area contributed by atoms with E-state index in [0.717, 1.165) is 0 Å². The molecule has 0 fully saturated rings. The van der Waals surface area contributed by atoms with Gasteiger partial charge in [-0.2, -0.15) is 0 Å². The second kappa shape index (κ2) is 3.82. The van der Waals surface area contributed by atoms with Gasteiger partial charge in [0, 0.05) is 20.0 Å². The van der Waals surface area contributed by atoms with Gasteiger partial charge in [0.2, 0.25) is 5.79 Å². The van der Waals surface area contributed by atoms with Crippen molar-refractivity contribution in [3.8, 4) is 0 Å². The molecule has 0 rings (SSSR count). The molecular weight excluding hydrogens is 120 g/mol. The Bertz CT molecular complexity index is 51.2. The molecule has 1 N–H and O–H groups in total. The van der Waals surface area contributed by atoms with E-state index in [1.54, 1.807) is 0 Å². The van der Waals surface area contributed by atoms with E-state index in [1.165, 1.54) is 7.11 Å². The molecule has 0 aliphatic rings. The highest BCUT2D eigenvalue weighted by Crippen LogP contribution is 2.18. The molecule has 0 aromatic heterocycles. The van der Waals surface area contributed by atoms with E-state index in [4.69, 9.17) is 9.99 Å². The van der Waals surface area contributed by atoms with Crippen LogP contribution in [0, 0.1) is 0 Å². The summed E-state index contributed by atoms with van der Waals surface area (Å²) in [5.74, 6) is -0.778. The average Bonchev–Trinajstić information content (AvgIpc) is 1.95. The molecule has 0 aromatic carbocycles. The Hall–Kier alpha value is -0.120. The predicted molar refractivity (Wildman–Crippen MR) is 34.0 cm³/mol. The highest BCUT2D eigenvalue weighted by molar-refractivity contribution is 4.61. The molecule has 9 heavy (non-hydrogen) atoms. The van der Waals surface area contributed by atoms with Gasteiger partial charge in [0.15, 0.2) is 0 Å². The van der Waals surface area contributed by atoms with Crippen molar-refractivity contribution < 1.29 is 14.9 Å². The monoisotopic (exact) mass is 134 g/mol. The van der Waals surface area contributed by atoms with Gasteiger partial charge in [-0.1, -0.05) is 13.8 Å². The second-order valence-electron chi connectivity index (χ2n) is 1.91. The van der Waals surface area contributed by atoms with Gasteiger partial charge >= 0.3 is 0 Å². The summed E-state index contributed by atoms with van der Waals surface area (Å²) < 4.78 is 4.91. The minimum Gasteiger partial charge on any atom is -0.351 e. The number of hydrogen-bond acceptors (Lipinski definition) is 3. The molecule has 56 valence electrons. The number of methoxy groups -OCH3 is 1. The molecule has 0 aliphatic heterocycles. The minimum atomic E-state index is -0.778. The summed E-state index contributed by atoms with van der Waals surface area (Å²) in [6, 6.07) is 0. The molecule has 3 nitrogen and oxygen atoms in total. The Morgan fingerprint density at radius 3 is 1.78 bits per heavy atom. The van der Waals surface area contributed by atoms with E-state index in [-0.39, 0.29) is 0 Å². The lowest BCUT2D eigenvalue weighted by Crippen LogP contribution is -2.31. The van der Waals surface area contributed by atoms with Crippen LogP contribution in [0.2, 0.25) is 0 Å². The Labute approximate surface area is 55.5 Å². The first kappa shape index (κ1) is 8.88. The van der Waals surface area contributed by atoms with Crippen molar-refractivity contribution in [3.63, 3.8) is 0 Å². The topological polar surface area (TPSA) is 38.7 Å². The quantitative estimate of drug-likeness (QED) is 0.361. The molecule has 0 aliphatic carbocycles. The van der Waals surface area contributed by atoms with Crippen molar-refractivity contribution in [1.82, 2.24) is 0 Å². The predicted octanol–water partition coefficient (Wildman–Crippen LogP) is 1.64. The number of rotatable bonds is 4. The summed E-state index contributed by atoms with van der Waals surface area (Å²) in [4.78, 5) is 4.16. The van der Waals surface area contributed by atoms with Crippen molar-refractivity contribution in [1.29, 1.82) is 0 Å². The van der Waals surface area contributed by atoms with Crippen molar-refractivity contribution in [2.45, 2.75) is 32.5 Å². The van der Waals surface area contributed by atoms with Crippen LogP contribution in [-0.2, 0) is 9.62 Å². The maximum Gasteiger partial charge on any atom is 0.200 e. The molecule has 0 amide bonds. The lowest BCUT2D eigenvalue weighted by atomic mass is 10.1. The van der Waals surface area contributed by atoms with Gasteiger partial charge in [-0.05, 0) is 0 Å². The summed E-state index contributed by atoms with van der Waals surface area (Å²) in [5.41, 5.74) is 0. The fourth-order valence-electron chi connectivity index (χ4n) is 0.705. The smallest absolute Gasteiger partial charge is 0.200 e. The normalized spacial score (nSPS) is 12.0. The van der Waals surface area contributed by atoms with E-state index in [9.17, 15) is 0 Å². The minimum absolute atomic E-state index is 0.649. The van der Waals surface area contributed by atoms with Gasteiger partial charge in [-0.25, -0.2) is 10.1 Å². The van der Waals surface area contributed by atoms with Gasteiger partial charge in [-0.15, -0.1) is 0 Å². The van der Waals surface area contributed by atoms with Crippen molar-refractivity contribution in [2.75, 3.05) is 7.11 Å². The van der Waals surface area contributed by atoms with Crippen LogP contribution in [0.25, 0.3) is 0 Å². The fraction of sp³-hybridized carbons (Fsp3) is 1.00. The van der Waals surface area contributed by atoms with Crippen LogP contribution in [0.3, 0.4) is 0 Å². The van der Waals surface area contributed by atoms with E-state index >= 15 is 0 Å². The summed E-state index contributed by atoms with van der Waals surface area (Å²) in [6.45, 7) is 3.78. The fourth-order valence-corrected chi connectivity index (χ4v) is 0.705. The highest BCUT2D eigenvalue weighted by atomic mass is 17.1. The van der Waals surface area contributed by atoms with Crippen LogP contribution in [-0.4, -0.2) is 18.2 Å². The van der Waals surface area contributed by atoms with Crippen LogP contribution in [0.1, 0.15) is 26.7 Å². The molecule has 0 unspecified atom stereocenters. The van der Waals surface area contributed by atoms with Crippen LogP contribution in [0.4, 0.5) is 0 Å². The van der Waals surface area contributed by atoms with Crippen molar-refractivity contribution >= 4 is 0 Å². The zero-order chi connectivity index (χ0) is 7.33. The van der Waals surface area contributed by atoms with Gasteiger partial charge < -0.3 is 4.74 Å². The zero-order valence-corrected chi connectivity index (χ0v) is 6.18. The summed E-state index contributed by atoms with van der Waals surface area (Å²) in [7, 11) is 1.52. The average molecular weight is 134 g/mol. The van der Waals surface area contributed by atoms with E-state index in [1.807, 2.05) is 13.8 Å². The van der Waals surface area contributed by atoms with Gasteiger partial charge in [-0.3, -0.25) is 0 Å². The standard InChI is InChI=1S/C6H14O3/c1-4-6(5-2,8-3)9-7/h7H,4-5H2,1-3H3. The Morgan fingerprint density at radius 2 is 1.78 bits per heavy atom. The van der Waals surface area contributed by atoms with Gasteiger partial charge in [0.25, 0.3) is 0 Å². The molecule has 3 heteroatoms. The molecule has 0 bridgehead atoms. The molecular formula is C6H14O3. The van der Waals surface area contributed by atoms with Crippen LogP contribution in [0.5, 0.6) is 0 Å². The SMILES string of the molecule is CCC(CC)(OC)OO. The van der Waals surface area contributed by atoms with Crippen molar-refractivity contribution in [3.05, 3.63) is 0 Å². The maximum absolute atomic E-state index is 8.35. The highest BCUT2D eigenvalue weighted by Gasteiger charge is 2.26. The molecule has 0 aromatic rings. The van der Waals surface area contributed by atoms with Crippen LogP contribution < -0.4 is 0 Å². The molecule has 0 saturated carbocycles. The third-order valence-electron chi connectivity index (χ3n) is 1.62. The molecule has 0 radical (unpaired) electrons. The Kier molecular flexibility index (Phi) is 3.77. The van der Waals surface area contributed by atoms with E-state index in [0.29, 0.717) is 12.8 Å². The maximum atomic E-state index is 8.35. The summed E-state index contributed by atoms with van der Waals surface area (Å²) >= 11 is 0. The third kappa shape index (κ3) is 1.93. The number of hydrogen-bond donors (Lipinski definition) is 1. The lowest BCUT2D eigenvalue weighted by molar-refractivity contribution is -0.400. The summed E-state index contributed by atoms with van der Waals surface area (Å²) in [6.07, 6.45) is 1.30. The van der Waals surface area contributed by atoms with Gasteiger partial charge in [0.1, 0.15) is 0 Å². The molecule has 0 atom stereocenters. The van der Waals surface area contributed by atoms with E-state index in [2.05, 4.69) is 4.89 Å². The molecule has 0 saturated heterocycles. The van der Waals surface area contributed by atoms with Crippen LogP contribution >= 0.6 is 0 Å². The lowest BCUT2D eigenvalue weighted by Gasteiger charge is -2.25. The Morgan fingerprint density at radius 1 is 1.33 bits per heavy atom. The van der Waals surface area contributed by atoms with Gasteiger partial charge in [0.05, 0.1) is 0 Å².